The van der Waals surface area contributed by atoms with E-state index in [0.29, 0.717) is 16.8 Å². The molecule has 0 atom stereocenters. The molecular formula is C14H18BrNO2S. The number of benzene rings is 1. The summed E-state index contributed by atoms with van der Waals surface area (Å²) < 4.78 is 6.06. The summed E-state index contributed by atoms with van der Waals surface area (Å²) in [5.41, 5.74) is 0.921. The zero-order valence-corrected chi connectivity index (χ0v) is 13.4. The molecule has 3 nitrogen and oxygen atoms in total. The number of nitrogens with zero attached hydrogens (tertiary/aromatic N) is 1. The molecule has 1 N–H and O–H groups in total. The highest BCUT2D eigenvalue weighted by molar-refractivity contribution is 9.10. The molecule has 0 radical (unpaired) electrons. The molecular weight excluding hydrogens is 326 g/mol. The summed E-state index contributed by atoms with van der Waals surface area (Å²) >= 11 is 8.91. The molecule has 1 saturated heterocycles. The van der Waals surface area contributed by atoms with Gasteiger partial charge in [0.1, 0.15) is 4.99 Å². The van der Waals surface area contributed by atoms with Gasteiger partial charge in [-0.1, -0.05) is 12.2 Å². The average Bonchev–Trinajstić information content (AvgIpc) is 2.44. The molecule has 0 amide bonds. The zero-order valence-electron chi connectivity index (χ0n) is 11.0. The first kappa shape index (κ1) is 14.6. The third kappa shape index (κ3) is 3.39. The lowest BCUT2D eigenvalue weighted by molar-refractivity contribution is 0.317. The monoisotopic (exact) mass is 343 g/mol. The lowest BCUT2D eigenvalue weighted by Gasteiger charge is -2.29. The Bertz CT molecular complexity index is 473. The SMILES string of the molecule is CCOc1cc(C(=S)N2CCCCC2)cc(Br)c1O. The van der Waals surface area contributed by atoms with Crippen LogP contribution in [0, 0.1) is 0 Å². The number of hydrogen-bond acceptors (Lipinski definition) is 3. The highest BCUT2D eigenvalue weighted by Crippen LogP contribution is 2.36. The van der Waals surface area contributed by atoms with Crippen LogP contribution in [0.25, 0.3) is 0 Å². The van der Waals surface area contributed by atoms with Crippen molar-refractivity contribution in [1.29, 1.82) is 0 Å². The number of halogens is 1. The first-order valence-corrected chi connectivity index (χ1v) is 7.78. The summed E-state index contributed by atoms with van der Waals surface area (Å²) in [6, 6.07) is 3.68. The molecule has 1 aromatic rings. The molecule has 1 heterocycles. The zero-order chi connectivity index (χ0) is 13.8. The predicted octanol–water partition coefficient (Wildman–Crippen LogP) is 3.71. The lowest BCUT2D eigenvalue weighted by Crippen LogP contribution is -2.34. The Balaban J connectivity index is 2.25. The largest absolute Gasteiger partial charge is 0.503 e. The smallest absolute Gasteiger partial charge is 0.172 e. The van der Waals surface area contributed by atoms with Crippen LogP contribution in [-0.4, -0.2) is 34.7 Å². The summed E-state index contributed by atoms with van der Waals surface area (Å²) in [4.78, 5) is 3.06. The lowest BCUT2D eigenvalue weighted by atomic mass is 10.1. The number of ether oxygens (including phenoxy) is 1. The molecule has 0 spiro atoms. The molecule has 1 aromatic carbocycles. The average molecular weight is 344 g/mol. The van der Waals surface area contributed by atoms with Gasteiger partial charge >= 0.3 is 0 Å². The highest BCUT2D eigenvalue weighted by atomic mass is 79.9. The molecule has 0 saturated carbocycles. The quantitative estimate of drug-likeness (QED) is 0.848. The predicted molar refractivity (Wildman–Crippen MR) is 84.1 cm³/mol. The topological polar surface area (TPSA) is 32.7 Å². The Kier molecular flexibility index (Phi) is 5.05. The van der Waals surface area contributed by atoms with E-state index < -0.39 is 0 Å². The van der Waals surface area contributed by atoms with E-state index in [1.165, 1.54) is 19.3 Å². The van der Waals surface area contributed by atoms with Crippen molar-refractivity contribution in [2.24, 2.45) is 0 Å². The fraction of sp³-hybridized carbons (Fsp3) is 0.500. The van der Waals surface area contributed by atoms with Crippen LogP contribution in [0.3, 0.4) is 0 Å². The maximum atomic E-state index is 9.92. The van der Waals surface area contributed by atoms with E-state index in [2.05, 4.69) is 20.8 Å². The molecule has 0 aliphatic carbocycles. The molecule has 104 valence electrons. The summed E-state index contributed by atoms with van der Waals surface area (Å²) in [5.74, 6) is 0.610. The van der Waals surface area contributed by atoms with Gasteiger partial charge in [-0.15, -0.1) is 0 Å². The van der Waals surface area contributed by atoms with Crippen LogP contribution in [-0.2, 0) is 0 Å². The van der Waals surface area contributed by atoms with Gasteiger partial charge in [0, 0.05) is 18.7 Å². The summed E-state index contributed by atoms with van der Waals surface area (Å²) in [6.45, 7) is 4.44. The van der Waals surface area contributed by atoms with Crippen molar-refractivity contribution < 1.29 is 9.84 Å². The number of piperidine rings is 1. The number of aromatic hydroxyl groups is 1. The second-order valence-electron chi connectivity index (χ2n) is 4.59. The number of likely N-dealkylation sites (tertiary alicyclic amines) is 1. The van der Waals surface area contributed by atoms with Gasteiger partial charge in [-0.2, -0.15) is 0 Å². The molecule has 0 aromatic heterocycles. The summed E-state index contributed by atoms with van der Waals surface area (Å²) in [7, 11) is 0. The Morgan fingerprint density at radius 1 is 1.37 bits per heavy atom. The minimum atomic E-state index is 0.132. The van der Waals surface area contributed by atoms with Crippen molar-refractivity contribution in [3.63, 3.8) is 0 Å². The molecule has 2 rings (SSSR count). The Hall–Kier alpha value is -0.810. The van der Waals surface area contributed by atoms with E-state index in [4.69, 9.17) is 17.0 Å². The highest BCUT2D eigenvalue weighted by Gasteiger charge is 2.18. The van der Waals surface area contributed by atoms with Crippen LogP contribution in [0.4, 0.5) is 0 Å². The van der Waals surface area contributed by atoms with Crippen LogP contribution >= 0.6 is 28.1 Å². The van der Waals surface area contributed by atoms with Crippen molar-refractivity contribution >= 4 is 33.1 Å². The van der Waals surface area contributed by atoms with E-state index in [0.717, 1.165) is 23.6 Å². The van der Waals surface area contributed by atoms with Gasteiger partial charge < -0.3 is 14.7 Å². The minimum Gasteiger partial charge on any atom is -0.503 e. The second kappa shape index (κ2) is 6.57. The molecule has 19 heavy (non-hydrogen) atoms. The fourth-order valence-electron chi connectivity index (χ4n) is 2.24. The molecule has 0 bridgehead atoms. The van der Waals surface area contributed by atoms with Gasteiger partial charge in [0.2, 0.25) is 0 Å². The van der Waals surface area contributed by atoms with Crippen molar-refractivity contribution in [1.82, 2.24) is 4.90 Å². The number of phenols is 1. The number of rotatable bonds is 3. The summed E-state index contributed by atoms with van der Waals surface area (Å²) in [6.07, 6.45) is 3.66. The molecule has 1 aliphatic rings. The van der Waals surface area contributed by atoms with Gasteiger partial charge in [0.15, 0.2) is 11.5 Å². The van der Waals surface area contributed by atoms with Crippen LogP contribution < -0.4 is 4.74 Å². The van der Waals surface area contributed by atoms with Crippen LogP contribution in [0.15, 0.2) is 16.6 Å². The molecule has 0 unspecified atom stereocenters. The van der Waals surface area contributed by atoms with Crippen LogP contribution in [0.5, 0.6) is 11.5 Å². The normalized spacial score (nSPS) is 15.4. The minimum absolute atomic E-state index is 0.132. The standard InChI is InChI=1S/C14H18BrNO2S/c1-2-18-12-9-10(8-11(15)13(12)17)14(19)16-6-4-3-5-7-16/h8-9,17H,2-7H2,1H3. The third-order valence-corrected chi connectivity index (χ3v) is 4.32. The Morgan fingerprint density at radius 3 is 2.68 bits per heavy atom. The second-order valence-corrected chi connectivity index (χ2v) is 5.83. The number of thiocarbonyl (C=S) groups is 1. The van der Waals surface area contributed by atoms with E-state index in [1.54, 1.807) is 0 Å². The summed E-state index contributed by atoms with van der Waals surface area (Å²) in [5, 5.41) is 9.92. The van der Waals surface area contributed by atoms with Gasteiger partial charge in [0.25, 0.3) is 0 Å². The molecule has 1 aliphatic heterocycles. The van der Waals surface area contributed by atoms with E-state index >= 15 is 0 Å². The van der Waals surface area contributed by atoms with Crippen LogP contribution in [0.2, 0.25) is 0 Å². The van der Waals surface area contributed by atoms with E-state index in [9.17, 15) is 5.11 Å². The maximum Gasteiger partial charge on any atom is 0.172 e. The van der Waals surface area contributed by atoms with E-state index in [1.807, 2.05) is 19.1 Å². The fourth-order valence-corrected chi connectivity index (χ4v) is 2.98. The van der Waals surface area contributed by atoms with Crippen LogP contribution in [0.1, 0.15) is 31.7 Å². The van der Waals surface area contributed by atoms with Crippen molar-refractivity contribution in [3.05, 3.63) is 22.2 Å². The first-order chi connectivity index (χ1) is 9.13. The number of phenolic OH excluding ortho intramolecular Hbond substituents is 1. The Labute approximate surface area is 127 Å². The molecule has 5 heteroatoms. The maximum absolute atomic E-state index is 9.92. The molecule has 1 fully saturated rings. The van der Waals surface area contributed by atoms with Gasteiger partial charge in [-0.05, 0) is 54.2 Å². The van der Waals surface area contributed by atoms with E-state index in [-0.39, 0.29) is 5.75 Å². The van der Waals surface area contributed by atoms with Crippen molar-refractivity contribution in [3.8, 4) is 11.5 Å². The van der Waals surface area contributed by atoms with Gasteiger partial charge in [-0.25, -0.2) is 0 Å². The Morgan fingerprint density at radius 2 is 2.05 bits per heavy atom. The first-order valence-electron chi connectivity index (χ1n) is 6.58. The van der Waals surface area contributed by atoms with Crippen molar-refractivity contribution in [2.45, 2.75) is 26.2 Å². The van der Waals surface area contributed by atoms with Gasteiger partial charge in [0.05, 0.1) is 11.1 Å². The van der Waals surface area contributed by atoms with Crippen molar-refractivity contribution in [2.75, 3.05) is 19.7 Å². The third-order valence-electron chi connectivity index (χ3n) is 3.22. The van der Waals surface area contributed by atoms with Gasteiger partial charge in [-0.3, -0.25) is 0 Å². The number of hydrogen-bond donors (Lipinski definition) is 1.